The topological polar surface area (TPSA) is 87.7 Å². The van der Waals surface area contributed by atoms with E-state index in [0.717, 1.165) is 36.8 Å². The number of nitrogens with one attached hydrogen (secondary N) is 2. The van der Waals surface area contributed by atoms with E-state index in [1.165, 1.54) is 18.9 Å². The lowest BCUT2D eigenvalue weighted by molar-refractivity contribution is -0.133. The second kappa shape index (κ2) is 11.8. The number of carboxylic acid groups (broad SMARTS) is 1. The lowest BCUT2D eigenvalue weighted by atomic mass is 9.87. The summed E-state index contributed by atoms with van der Waals surface area (Å²) in [6.45, 7) is 6.00. The van der Waals surface area contributed by atoms with Crippen molar-refractivity contribution in [3.05, 3.63) is 52.1 Å². The largest absolute Gasteiger partial charge is 0.478 e. The smallest absolute Gasteiger partial charge is 0.331 e. The molecule has 3 N–H and O–H groups in total. The lowest BCUT2D eigenvalue weighted by Gasteiger charge is -2.38. The van der Waals surface area contributed by atoms with Crippen LogP contribution in [0.1, 0.15) is 70.4 Å². The van der Waals surface area contributed by atoms with Gasteiger partial charge < -0.3 is 20.5 Å². The summed E-state index contributed by atoms with van der Waals surface area (Å²) in [5.74, 6) is -1.14. The van der Waals surface area contributed by atoms with Crippen LogP contribution in [0, 0.1) is 0 Å². The van der Waals surface area contributed by atoms with E-state index in [9.17, 15) is 14.7 Å². The Morgan fingerprint density at radius 3 is 2.61 bits per heavy atom. The van der Waals surface area contributed by atoms with Gasteiger partial charge in [-0.3, -0.25) is 4.79 Å². The van der Waals surface area contributed by atoms with Gasteiger partial charge in [0.25, 0.3) is 0 Å². The molecule has 0 spiro atoms. The van der Waals surface area contributed by atoms with E-state index in [0.29, 0.717) is 17.1 Å². The summed E-state index contributed by atoms with van der Waals surface area (Å²) >= 11 is 6.59. The molecule has 2 aliphatic carbocycles. The predicted octanol–water partition coefficient (Wildman–Crippen LogP) is 4.86. The number of hydrogen-bond donors (Lipinski definition) is 3. The summed E-state index contributed by atoms with van der Waals surface area (Å²) in [5.41, 5.74) is 3.72. The first-order valence-corrected chi connectivity index (χ1v) is 12.3. The molecule has 1 aromatic carbocycles. The maximum absolute atomic E-state index is 12.0. The highest BCUT2D eigenvalue weighted by Crippen LogP contribution is 2.31. The molecule has 0 aliphatic heterocycles. The number of rotatable bonds is 10. The van der Waals surface area contributed by atoms with Crippen LogP contribution >= 0.6 is 11.6 Å². The van der Waals surface area contributed by atoms with Gasteiger partial charge in [-0.25, -0.2) is 4.79 Å². The van der Waals surface area contributed by atoms with E-state index < -0.39 is 12.1 Å². The molecule has 33 heavy (non-hydrogen) atoms. The number of carbonyl (C=O) groups is 2. The Balaban J connectivity index is 1.79. The molecule has 180 valence electrons. The zero-order valence-electron chi connectivity index (χ0n) is 19.7. The Morgan fingerprint density at radius 2 is 2.03 bits per heavy atom. The zero-order valence-corrected chi connectivity index (χ0v) is 20.5. The minimum atomic E-state index is -0.964. The van der Waals surface area contributed by atoms with Gasteiger partial charge in [-0.05, 0) is 67.4 Å². The average molecular weight is 475 g/mol. The maximum Gasteiger partial charge on any atom is 0.331 e. The summed E-state index contributed by atoms with van der Waals surface area (Å²) in [5, 5.41) is 16.8. The van der Waals surface area contributed by atoms with Crippen molar-refractivity contribution in [2.75, 3.05) is 0 Å². The van der Waals surface area contributed by atoms with Crippen LogP contribution in [0.15, 0.2) is 35.9 Å². The fourth-order valence-corrected chi connectivity index (χ4v) is 4.88. The van der Waals surface area contributed by atoms with Gasteiger partial charge in [0, 0.05) is 30.1 Å². The van der Waals surface area contributed by atoms with Crippen LogP contribution in [0.5, 0.6) is 0 Å². The van der Waals surface area contributed by atoms with Crippen LogP contribution in [0.4, 0.5) is 0 Å². The molecule has 0 saturated carbocycles. The molecular formula is C26H35ClN2O4. The van der Waals surface area contributed by atoms with Crippen molar-refractivity contribution in [1.82, 2.24) is 10.6 Å². The molecule has 0 heterocycles. The third-order valence-electron chi connectivity index (χ3n) is 6.52. The minimum Gasteiger partial charge on any atom is -0.478 e. The third-order valence-corrected chi connectivity index (χ3v) is 6.87. The third kappa shape index (κ3) is 6.69. The molecule has 0 saturated heterocycles. The number of ether oxygens (including phenoxy) is 1. The van der Waals surface area contributed by atoms with Crippen molar-refractivity contribution in [1.29, 1.82) is 0 Å². The Labute approximate surface area is 201 Å². The van der Waals surface area contributed by atoms with Crippen molar-refractivity contribution in [2.24, 2.45) is 0 Å². The molecule has 0 aromatic heterocycles. The van der Waals surface area contributed by atoms with E-state index in [1.807, 2.05) is 26.0 Å². The second-order valence-corrected chi connectivity index (χ2v) is 9.29. The zero-order chi connectivity index (χ0) is 24.0. The molecular weight excluding hydrogens is 440 g/mol. The van der Waals surface area contributed by atoms with Crippen LogP contribution in [0.3, 0.4) is 0 Å². The second-order valence-electron chi connectivity index (χ2n) is 8.88. The van der Waals surface area contributed by atoms with Crippen molar-refractivity contribution in [3.8, 4) is 0 Å². The highest BCUT2D eigenvalue weighted by molar-refractivity contribution is 6.31. The van der Waals surface area contributed by atoms with Gasteiger partial charge in [-0.15, -0.1) is 0 Å². The summed E-state index contributed by atoms with van der Waals surface area (Å²) in [7, 11) is 0. The van der Waals surface area contributed by atoms with Crippen molar-refractivity contribution in [3.63, 3.8) is 0 Å². The average Bonchev–Trinajstić information content (AvgIpc) is 3.32. The fourth-order valence-electron chi connectivity index (χ4n) is 4.63. The molecule has 1 aromatic rings. The van der Waals surface area contributed by atoms with Gasteiger partial charge in [0.1, 0.15) is 0 Å². The highest BCUT2D eigenvalue weighted by atomic mass is 35.5. The van der Waals surface area contributed by atoms with Gasteiger partial charge in [0.15, 0.2) is 0 Å². The van der Waals surface area contributed by atoms with Crippen LogP contribution in [0.25, 0.3) is 5.57 Å². The van der Waals surface area contributed by atoms with Crippen LogP contribution in [-0.4, -0.2) is 41.3 Å². The SMILES string of the molecule is CCC(CC)O[C@@H]1C=C(C(=O)O)C[C@H](NCc2ccc(C3=CCCC3)cc2Cl)[C@H]1NC(C)=O. The highest BCUT2D eigenvalue weighted by Gasteiger charge is 2.37. The Kier molecular flexibility index (Phi) is 9.12. The molecule has 3 rings (SSSR count). The van der Waals surface area contributed by atoms with Crippen molar-refractivity contribution in [2.45, 2.75) is 90.1 Å². The number of carboxylic acids is 1. The van der Waals surface area contributed by atoms with Gasteiger partial charge >= 0.3 is 5.97 Å². The molecule has 7 heteroatoms. The number of allylic oxidation sites excluding steroid dienone is 2. The normalized spacial score (nSPS) is 22.8. The summed E-state index contributed by atoms with van der Waals surface area (Å²) in [4.78, 5) is 23.8. The molecule has 0 unspecified atom stereocenters. The molecule has 1 amide bonds. The monoisotopic (exact) mass is 474 g/mol. The van der Waals surface area contributed by atoms with E-state index in [2.05, 4.69) is 22.8 Å². The standard InChI is InChI=1S/C26H35ClN2O4/c1-4-21(5-2)33-24-14-20(26(31)32)13-23(25(24)29-16(3)30)28-15-19-11-10-18(12-22(19)27)17-8-6-7-9-17/h8,10-12,14,21,23-25,28H,4-7,9,13,15H2,1-3H3,(H,29,30)(H,31,32)/t23-,24+,25+/m0/s1. The van der Waals surface area contributed by atoms with Crippen molar-refractivity contribution >= 4 is 29.1 Å². The molecule has 2 aliphatic rings. The van der Waals surface area contributed by atoms with Crippen LogP contribution in [0.2, 0.25) is 5.02 Å². The summed E-state index contributed by atoms with van der Waals surface area (Å²) < 4.78 is 6.24. The van der Waals surface area contributed by atoms with E-state index in [4.69, 9.17) is 16.3 Å². The number of amides is 1. The first-order valence-electron chi connectivity index (χ1n) is 11.9. The van der Waals surface area contributed by atoms with E-state index in [-0.39, 0.29) is 30.5 Å². The van der Waals surface area contributed by atoms with Crippen LogP contribution < -0.4 is 10.6 Å². The Hall–Kier alpha value is -2.15. The molecule has 0 radical (unpaired) electrons. The van der Waals surface area contributed by atoms with Gasteiger partial charge in [-0.2, -0.15) is 0 Å². The van der Waals surface area contributed by atoms with Gasteiger partial charge in [-0.1, -0.05) is 43.7 Å². The molecule has 0 fully saturated rings. The Bertz CT molecular complexity index is 923. The molecule has 6 nitrogen and oxygen atoms in total. The van der Waals surface area contributed by atoms with Crippen LogP contribution in [-0.2, 0) is 20.9 Å². The van der Waals surface area contributed by atoms with Gasteiger partial charge in [0.05, 0.1) is 18.2 Å². The first kappa shape index (κ1) is 25.5. The number of aliphatic carboxylic acids is 1. The summed E-state index contributed by atoms with van der Waals surface area (Å²) in [6.07, 6.45) is 8.66. The van der Waals surface area contributed by atoms with E-state index >= 15 is 0 Å². The maximum atomic E-state index is 12.0. The number of halogens is 1. The van der Waals surface area contributed by atoms with Gasteiger partial charge in [0.2, 0.25) is 5.91 Å². The quantitative estimate of drug-likeness (QED) is 0.450. The molecule has 3 atom stereocenters. The molecule has 0 bridgehead atoms. The fraction of sp³-hybridized carbons (Fsp3) is 0.538. The predicted molar refractivity (Wildman–Crippen MR) is 131 cm³/mol. The lowest BCUT2D eigenvalue weighted by Crippen LogP contribution is -2.58. The number of carbonyl (C=O) groups excluding carboxylic acids is 1. The minimum absolute atomic E-state index is 0.0109. The first-order chi connectivity index (χ1) is 15.8. The number of benzene rings is 1. The Morgan fingerprint density at radius 1 is 1.27 bits per heavy atom. The van der Waals surface area contributed by atoms with Crippen molar-refractivity contribution < 1.29 is 19.4 Å². The van der Waals surface area contributed by atoms with E-state index in [1.54, 1.807) is 6.08 Å². The number of hydrogen-bond acceptors (Lipinski definition) is 4. The summed E-state index contributed by atoms with van der Waals surface area (Å²) in [6, 6.07) is 5.43.